The molecule has 0 saturated carbocycles. The third-order valence-corrected chi connectivity index (χ3v) is 4.68. The predicted molar refractivity (Wildman–Crippen MR) is 106 cm³/mol. The largest absolute Gasteiger partial charge is 0.294 e. The van der Waals surface area contributed by atoms with Gasteiger partial charge in [-0.15, -0.1) is 0 Å². The minimum Gasteiger partial charge on any atom is -0.294 e. The standard InChI is InChI=1S/C22H26N2O/c1-5-12-23(4)15-24-21-9-7-6-8-19(21)20(22(24)25)14-18-13-16(2)10-11-17(18)3/h6-11,13-14H,5,12,15H2,1-4H3/b20-14+. The molecule has 3 rings (SSSR count). The van der Waals surface area contributed by atoms with Crippen molar-refractivity contribution in [2.75, 3.05) is 25.2 Å². The Hall–Kier alpha value is -2.39. The Morgan fingerprint density at radius 2 is 1.88 bits per heavy atom. The third-order valence-electron chi connectivity index (χ3n) is 4.68. The fraction of sp³-hybridized carbons (Fsp3) is 0.318. The number of para-hydroxylation sites is 1. The highest BCUT2D eigenvalue weighted by Gasteiger charge is 2.32. The fourth-order valence-corrected chi connectivity index (χ4v) is 3.35. The number of fused-ring (bicyclic) bond motifs is 1. The Balaban J connectivity index is 2.02. The summed E-state index contributed by atoms with van der Waals surface area (Å²) in [6.45, 7) is 7.92. The first-order chi connectivity index (χ1) is 12.0. The van der Waals surface area contributed by atoms with Crippen molar-refractivity contribution >= 4 is 23.2 Å². The molecule has 3 heteroatoms. The molecule has 0 N–H and O–H groups in total. The summed E-state index contributed by atoms with van der Waals surface area (Å²) in [5.41, 5.74) is 6.32. The third kappa shape index (κ3) is 3.52. The summed E-state index contributed by atoms with van der Waals surface area (Å²) < 4.78 is 0. The van der Waals surface area contributed by atoms with Gasteiger partial charge in [-0.05, 0) is 57.1 Å². The second-order valence-corrected chi connectivity index (χ2v) is 6.89. The van der Waals surface area contributed by atoms with E-state index in [2.05, 4.69) is 50.9 Å². The molecule has 2 aromatic carbocycles. The normalized spacial score (nSPS) is 15.3. The number of rotatable bonds is 5. The van der Waals surface area contributed by atoms with E-state index < -0.39 is 0 Å². The van der Waals surface area contributed by atoms with Crippen molar-refractivity contribution in [3.05, 3.63) is 64.7 Å². The number of aryl methyl sites for hydroxylation is 2. The van der Waals surface area contributed by atoms with Crippen LogP contribution in [0.25, 0.3) is 11.6 Å². The van der Waals surface area contributed by atoms with Crippen LogP contribution in [0, 0.1) is 13.8 Å². The number of nitrogens with zero attached hydrogens (tertiary/aromatic N) is 2. The van der Waals surface area contributed by atoms with Crippen molar-refractivity contribution in [1.82, 2.24) is 4.90 Å². The maximum absolute atomic E-state index is 13.1. The Morgan fingerprint density at radius 3 is 2.64 bits per heavy atom. The van der Waals surface area contributed by atoms with E-state index in [1.165, 1.54) is 11.1 Å². The van der Waals surface area contributed by atoms with E-state index in [9.17, 15) is 4.79 Å². The maximum atomic E-state index is 13.1. The van der Waals surface area contributed by atoms with Crippen LogP contribution in [0.1, 0.15) is 35.6 Å². The summed E-state index contributed by atoms with van der Waals surface area (Å²) in [5.74, 6) is 0.0880. The summed E-state index contributed by atoms with van der Waals surface area (Å²) in [7, 11) is 2.06. The van der Waals surface area contributed by atoms with Gasteiger partial charge in [-0.1, -0.05) is 48.9 Å². The van der Waals surface area contributed by atoms with E-state index in [0.29, 0.717) is 6.67 Å². The molecule has 1 aliphatic rings. The number of carbonyl (C=O) groups is 1. The molecule has 0 unspecified atom stereocenters. The Morgan fingerprint density at radius 1 is 1.12 bits per heavy atom. The molecule has 0 bridgehead atoms. The number of carbonyl (C=O) groups excluding carboxylic acids is 1. The second kappa shape index (κ2) is 7.24. The summed E-state index contributed by atoms with van der Waals surface area (Å²) >= 11 is 0. The molecule has 0 atom stereocenters. The minimum atomic E-state index is 0.0880. The van der Waals surface area contributed by atoms with Crippen LogP contribution in [0.4, 0.5) is 5.69 Å². The highest BCUT2D eigenvalue weighted by molar-refractivity contribution is 6.35. The van der Waals surface area contributed by atoms with E-state index in [0.717, 1.165) is 35.4 Å². The summed E-state index contributed by atoms with van der Waals surface area (Å²) in [6.07, 6.45) is 3.12. The zero-order valence-corrected chi connectivity index (χ0v) is 15.5. The first kappa shape index (κ1) is 17.4. The summed E-state index contributed by atoms with van der Waals surface area (Å²) in [5, 5.41) is 0. The van der Waals surface area contributed by atoms with Gasteiger partial charge < -0.3 is 0 Å². The number of amides is 1. The molecule has 3 nitrogen and oxygen atoms in total. The van der Waals surface area contributed by atoms with Crippen molar-refractivity contribution in [3.63, 3.8) is 0 Å². The van der Waals surface area contributed by atoms with E-state index in [-0.39, 0.29) is 5.91 Å². The van der Waals surface area contributed by atoms with Crippen molar-refractivity contribution in [3.8, 4) is 0 Å². The van der Waals surface area contributed by atoms with Gasteiger partial charge in [-0.3, -0.25) is 14.6 Å². The monoisotopic (exact) mass is 334 g/mol. The van der Waals surface area contributed by atoms with Gasteiger partial charge in [0.25, 0.3) is 5.91 Å². The highest BCUT2D eigenvalue weighted by Crippen LogP contribution is 2.38. The van der Waals surface area contributed by atoms with Gasteiger partial charge in [-0.2, -0.15) is 0 Å². The molecule has 0 aromatic heterocycles. The molecular weight excluding hydrogens is 308 g/mol. The van der Waals surface area contributed by atoms with Gasteiger partial charge >= 0.3 is 0 Å². The molecule has 0 saturated heterocycles. The quantitative estimate of drug-likeness (QED) is 0.752. The number of benzene rings is 2. The molecule has 0 spiro atoms. The van der Waals surface area contributed by atoms with Gasteiger partial charge in [0.05, 0.1) is 12.4 Å². The van der Waals surface area contributed by atoms with Crippen LogP contribution in [0.3, 0.4) is 0 Å². The zero-order chi connectivity index (χ0) is 18.0. The maximum Gasteiger partial charge on any atom is 0.260 e. The number of hydrogen-bond acceptors (Lipinski definition) is 2. The minimum absolute atomic E-state index is 0.0880. The smallest absolute Gasteiger partial charge is 0.260 e. The van der Waals surface area contributed by atoms with Crippen LogP contribution in [0.5, 0.6) is 0 Å². The van der Waals surface area contributed by atoms with Crippen molar-refractivity contribution in [2.24, 2.45) is 0 Å². The van der Waals surface area contributed by atoms with Gasteiger partial charge in [0.1, 0.15) is 0 Å². The van der Waals surface area contributed by atoms with E-state index >= 15 is 0 Å². The van der Waals surface area contributed by atoms with Gasteiger partial charge in [-0.25, -0.2) is 0 Å². The van der Waals surface area contributed by atoms with Crippen LogP contribution < -0.4 is 4.90 Å². The molecule has 1 amide bonds. The molecule has 1 heterocycles. The Labute approximate surface area is 150 Å². The lowest BCUT2D eigenvalue weighted by Gasteiger charge is -2.24. The van der Waals surface area contributed by atoms with Gasteiger partial charge in [0.15, 0.2) is 0 Å². The van der Waals surface area contributed by atoms with Crippen molar-refractivity contribution in [1.29, 1.82) is 0 Å². The number of anilines is 1. The Bertz CT molecular complexity index is 823. The number of hydrogen-bond donors (Lipinski definition) is 0. The lowest BCUT2D eigenvalue weighted by molar-refractivity contribution is -0.113. The van der Waals surface area contributed by atoms with E-state index in [1.807, 2.05) is 35.2 Å². The molecule has 0 fully saturated rings. The molecule has 130 valence electrons. The second-order valence-electron chi connectivity index (χ2n) is 6.89. The molecule has 2 aromatic rings. The SMILES string of the molecule is CCCN(C)CN1C(=O)/C(=C/c2cc(C)ccc2C)c2ccccc21. The molecule has 0 radical (unpaired) electrons. The first-order valence-corrected chi connectivity index (χ1v) is 8.90. The van der Waals surface area contributed by atoms with Crippen LogP contribution in [0.15, 0.2) is 42.5 Å². The summed E-state index contributed by atoms with van der Waals surface area (Å²) in [6, 6.07) is 14.4. The van der Waals surface area contributed by atoms with Crippen LogP contribution >= 0.6 is 0 Å². The van der Waals surface area contributed by atoms with Gasteiger partial charge in [0.2, 0.25) is 0 Å². The molecular formula is C22H26N2O. The van der Waals surface area contributed by atoms with Crippen LogP contribution in [0.2, 0.25) is 0 Å². The topological polar surface area (TPSA) is 23.6 Å². The zero-order valence-electron chi connectivity index (χ0n) is 15.5. The first-order valence-electron chi connectivity index (χ1n) is 8.90. The molecule has 0 aliphatic carbocycles. The van der Waals surface area contributed by atoms with Gasteiger partial charge in [0, 0.05) is 11.1 Å². The lowest BCUT2D eigenvalue weighted by Crippen LogP contribution is -2.37. The average molecular weight is 334 g/mol. The van der Waals surface area contributed by atoms with E-state index in [1.54, 1.807) is 0 Å². The average Bonchev–Trinajstić information content (AvgIpc) is 2.84. The fourth-order valence-electron chi connectivity index (χ4n) is 3.35. The molecule has 1 aliphatic heterocycles. The summed E-state index contributed by atoms with van der Waals surface area (Å²) in [4.78, 5) is 17.2. The predicted octanol–water partition coefficient (Wildman–Crippen LogP) is 4.49. The molecule has 25 heavy (non-hydrogen) atoms. The Kier molecular flexibility index (Phi) is 5.05. The van der Waals surface area contributed by atoms with Crippen molar-refractivity contribution < 1.29 is 4.79 Å². The van der Waals surface area contributed by atoms with E-state index in [4.69, 9.17) is 0 Å². The van der Waals surface area contributed by atoms with Crippen molar-refractivity contribution in [2.45, 2.75) is 27.2 Å². The lowest BCUT2D eigenvalue weighted by atomic mass is 10.00. The van der Waals surface area contributed by atoms with Crippen LogP contribution in [-0.2, 0) is 4.79 Å². The highest BCUT2D eigenvalue weighted by atomic mass is 16.2. The van der Waals surface area contributed by atoms with Crippen LogP contribution in [-0.4, -0.2) is 31.1 Å².